The van der Waals surface area contributed by atoms with Gasteiger partial charge in [0, 0.05) is 5.02 Å². The third-order valence-electron chi connectivity index (χ3n) is 3.79. The number of halogens is 1. The molecule has 1 fully saturated rings. The van der Waals surface area contributed by atoms with Gasteiger partial charge >= 0.3 is 0 Å². The second kappa shape index (κ2) is 6.92. The molecule has 0 bridgehead atoms. The van der Waals surface area contributed by atoms with Crippen molar-refractivity contribution in [2.45, 2.75) is 19.8 Å². The zero-order valence-corrected chi connectivity index (χ0v) is 12.1. The number of carbonyl (C=O) groups is 1. The van der Waals surface area contributed by atoms with Crippen LogP contribution in [0.25, 0.3) is 0 Å². The van der Waals surface area contributed by atoms with Crippen LogP contribution in [0.4, 0.5) is 0 Å². The summed E-state index contributed by atoms with van der Waals surface area (Å²) < 4.78 is 5.70. The molecule has 0 spiro atoms. The first kappa shape index (κ1) is 14.4. The summed E-state index contributed by atoms with van der Waals surface area (Å²) >= 11 is 5.85. The summed E-state index contributed by atoms with van der Waals surface area (Å²) in [5.41, 5.74) is 0.523. The van der Waals surface area contributed by atoms with E-state index >= 15 is 0 Å². The molecule has 1 aliphatic heterocycles. The molecular weight excluding hydrogens is 262 g/mol. The fourth-order valence-corrected chi connectivity index (χ4v) is 2.65. The Morgan fingerprint density at radius 3 is 2.84 bits per heavy atom. The summed E-state index contributed by atoms with van der Waals surface area (Å²) in [7, 11) is 0. The number of nitrogens with one attached hydrogen (secondary N) is 1. The van der Waals surface area contributed by atoms with E-state index in [4.69, 9.17) is 16.3 Å². The van der Waals surface area contributed by atoms with Gasteiger partial charge in [-0.25, -0.2) is 0 Å². The van der Waals surface area contributed by atoms with Crippen LogP contribution in [0.3, 0.4) is 0 Å². The average Bonchev–Trinajstić information content (AvgIpc) is 2.42. The number of ether oxygens (including phenoxy) is 1. The van der Waals surface area contributed by atoms with Gasteiger partial charge in [0.2, 0.25) is 0 Å². The SMILES string of the molecule is CC1CC[NH+](CCOc2ccc(Cl)cc2C=O)CC1. The monoisotopic (exact) mass is 282 g/mol. The Balaban J connectivity index is 1.81. The van der Waals surface area contributed by atoms with Crippen LogP contribution < -0.4 is 9.64 Å². The van der Waals surface area contributed by atoms with E-state index in [0.29, 0.717) is 22.9 Å². The Labute approximate surface area is 119 Å². The molecule has 1 aromatic rings. The summed E-state index contributed by atoms with van der Waals surface area (Å²) in [4.78, 5) is 12.5. The third kappa shape index (κ3) is 4.22. The van der Waals surface area contributed by atoms with Gasteiger partial charge in [-0.3, -0.25) is 4.79 Å². The van der Waals surface area contributed by atoms with Crippen molar-refractivity contribution in [2.24, 2.45) is 5.92 Å². The zero-order valence-electron chi connectivity index (χ0n) is 11.3. The molecule has 0 aromatic heterocycles. The largest absolute Gasteiger partial charge is 0.487 e. The van der Waals surface area contributed by atoms with Crippen LogP contribution in [0.2, 0.25) is 5.02 Å². The topological polar surface area (TPSA) is 30.7 Å². The van der Waals surface area contributed by atoms with E-state index in [1.807, 2.05) is 0 Å². The average molecular weight is 283 g/mol. The molecule has 19 heavy (non-hydrogen) atoms. The first-order valence-corrected chi connectivity index (χ1v) is 7.28. The lowest BCUT2D eigenvalue weighted by atomic mass is 9.99. The van der Waals surface area contributed by atoms with Crippen LogP contribution in [0.15, 0.2) is 18.2 Å². The van der Waals surface area contributed by atoms with Crippen molar-refractivity contribution in [2.75, 3.05) is 26.2 Å². The molecule has 0 saturated carbocycles. The number of carbonyl (C=O) groups excluding carboxylic acids is 1. The fourth-order valence-electron chi connectivity index (χ4n) is 2.47. The molecular formula is C15H21ClNO2+. The number of piperidine rings is 1. The smallest absolute Gasteiger partial charge is 0.153 e. The summed E-state index contributed by atoms with van der Waals surface area (Å²) in [6, 6.07) is 5.15. The highest BCUT2D eigenvalue weighted by Gasteiger charge is 2.18. The summed E-state index contributed by atoms with van der Waals surface area (Å²) in [5, 5.41) is 0.560. The molecule has 0 aliphatic carbocycles. The van der Waals surface area contributed by atoms with Crippen LogP contribution in [0.1, 0.15) is 30.1 Å². The van der Waals surface area contributed by atoms with Crippen molar-refractivity contribution >= 4 is 17.9 Å². The van der Waals surface area contributed by atoms with Crippen LogP contribution in [0.5, 0.6) is 5.75 Å². The molecule has 1 heterocycles. The predicted octanol–water partition coefficient (Wildman–Crippen LogP) is 1.85. The Kier molecular flexibility index (Phi) is 5.23. The number of hydrogen-bond acceptors (Lipinski definition) is 2. The number of quaternary nitrogens is 1. The van der Waals surface area contributed by atoms with Crippen molar-refractivity contribution in [1.82, 2.24) is 0 Å². The Bertz CT molecular complexity index is 428. The number of rotatable bonds is 5. The van der Waals surface area contributed by atoms with E-state index in [1.54, 1.807) is 23.1 Å². The lowest BCUT2D eigenvalue weighted by molar-refractivity contribution is -0.906. The van der Waals surface area contributed by atoms with Gasteiger partial charge in [0.05, 0.1) is 18.7 Å². The molecule has 3 nitrogen and oxygen atoms in total. The Morgan fingerprint density at radius 1 is 1.42 bits per heavy atom. The van der Waals surface area contributed by atoms with E-state index in [9.17, 15) is 4.79 Å². The van der Waals surface area contributed by atoms with Crippen LogP contribution in [-0.4, -0.2) is 32.5 Å². The second-order valence-electron chi connectivity index (χ2n) is 5.33. The van der Waals surface area contributed by atoms with Crippen molar-refractivity contribution in [3.05, 3.63) is 28.8 Å². The van der Waals surface area contributed by atoms with Crippen LogP contribution in [0, 0.1) is 5.92 Å². The molecule has 0 unspecified atom stereocenters. The van der Waals surface area contributed by atoms with E-state index in [1.165, 1.54) is 25.9 Å². The second-order valence-corrected chi connectivity index (χ2v) is 5.77. The minimum atomic E-state index is 0.523. The molecule has 0 amide bonds. The van der Waals surface area contributed by atoms with Gasteiger partial charge in [-0.1, -0.05) is 18.5 Å². The van der Waals surface area contributed by atoms with Crippen LogP contribution >= 0.6 is 11.6 Å². The molecule has 1 aliphatic rings. The first-order valence-electron chi connectivity index (χ1n) is 6.90. The van der Waals surface area contributed by atoms with Gasteiger partial charge in [-0.2, -0.15) is 0 Å². The van der Waals surface area contributed by atoms with Crippen molar-refractivity contribution < 1.29 is 14.4 Å². The minimum absolute atomic E-state index is 0.523. The van der Waals surface area contributed by atoms with Gasteiger partial charge in [-0.05, 0) is 37.0 Å². The number of likely N-dealkylation sites (tertiary alicyclic amines) is 1. The highest BCUT2D eigenvalue weighted by atomic mass is 35.5. The fraction of sp³-hybridized carbons (Fsp3) is 0.533. The maximum Gasteiger partial charge on any atom is 0.153 e. The summed E-state index contributed by atoms with van der Waals surface area (Å²) in [5.74, 6) is 1.49. The number of benzene rings is 1. The number of hydrogen-bond donors (Lipinski definition) is 1. The zero-order chi connectivity index (χ0) is 13.7. The summed E-state index contributed by atoms with van der Waals surface area (Å²) in [6.45, 7) is 6.41. The lowest BCUT2D eigenvalue weighted by Crippen LogP contribution is -3.13. The normalized spacial score (nSPS) is 23.1. The molecule has 1 N–H and O–H groups in total. The molecule has 104 valence electrons. The molecule has 0 atom stereocenters. The quantitative estimate of drug-likeness (QED) is 0.836. The van der Waals surface area contributed by atoms with E-state index in [2.05, 4.69) is 6.92 Å². The maximum absolute atomic E-state index is 10.9. The Hall–Kier alpha value is -1.06. The van der Waals surface area contributed by atoms with Crippen molar-refractivity contribution in [3.8, 4) is 5.75 Å². The van der Waals surface area contributed by atoms with Gasteiger partial charge in [-0.15, -0.1) is 0 Å². The first-order chi connectivity index (χ1) is 9.19. The molecule has 2 rings (SSSR count). The van der Waals surface area contributed by atoms with Gasteiger partial charge in [0.25, 0.3) is 0 Å². The molecule has 0 radical (unpaired) electrons. The van der Waals surface area contributed by atoms with E-state index < -0.39 is 0 Å². The minimum Gasteiger partial charge on any atom is -0.487 e. The maximum atomic E-state index is 10.9. The number of aldehydes is 1. The Morgan fingerprint density at radius 2 is 2.16 bits per heavy atom. The van der Waals surface area contributed by atoms with Crippen molar-refractivity contribution in [3.63, 3.8) is 0 Å². The summed E-state index contributed by atoms with van der Waals surface area (Å²) in [6.07, 6.45) is 3.39. The van der Waals surface area contributed by atoms with Gasteiger partial charge < -0.3 is 9.64 Å². The molecule has 4 heteroatoms. The van der Waals surface area contributed by atoms with E-state index in [-0.39, 0.29) is 0 Å². The highest BCUT2D eigenvalue weighted by Crippen LogP contribution is 2.21. The molecule has 1 saturated heterocycles. The predicted molar refractivity (Wildman–Crippen MR) is 76.3 cm³/mol. The van der Waals surface area contributed by atoms with Crippen LogP contribution in [-0.2, 0) is 0 Å². The third-order valence-corrected chi connectivity index (χ3v) is 4.03. The van der Waals surface area contributed by atoms with Crippen molar-refractivity contribution in [1.29, 1.82) is 0 Å². The van der Waals surface area contributed by atoms with E-state index in [0.717, 1.165) is 18.7 Å². The van der Waals surface area contributed by atoms with Gasteiger partial charge in [0.1, 0.15) is 18.9 Å². The van der Waals surface area contributed by atoms with Gasteiger partial charge in [0.15, 0.2) is 6.29 Å². The standard InChI is InChI=1S/C15H20ClNO2/c1-12-4-6-17(7-5-12)8-9-19-15-3-2-14(16)10-13(15)11-18/h2-3,10-12H,4-9H2,1H3/p+1. The highest BCUT2D eigenvalue weighted by molar-refractivity contribution is 6.30. The molecule has 1 aromatic carbocycles. The lowest BCUT2D eigenvalue weighted by Gasteiger charge is -2.27.